The third-order valence-electron chi connectivity index (χ3n) is 11.0. The molecule has 1 aromatic heterocycles. The molecular formula is C41H62FN5O5S2. The number of hydrogen-bond donors (Lipinski definition) is 2. The summed E-state index contributed by atoms with van der Waals surface area (Å²) in [4.78, 5) is 15.5. The van der Waals surface area contributed by atoms with Gasteiger partial charge in [-0.05, 0) is 107 Å². The smallest absolute Gasteiger partial charge is 0.210 e. The second-order valence-corrected chi connectivity index (χ2v) is 19.4. The maximum Gasteiger partial charge on any atom is 0.210 e. The van der Waals surface area contributed by atoms with Crippen LogP contribution in [0.3, 0.4) is 0 Å². The highest BCUT2D eigenvalue weighted by Crippen LogP contribution is 2.40. The van der Waals surface area contributed by atoms with Crippen LogP contribution in [-0.4, -0.2) is 135 Å². The number of piperidine rings is 2. The number of likely N-dealkylation sites (tertiary alicyclic amines) is 1. The van der Waals surface area contributed by atoms with E-state index in [0.29, 0.717) is 24.2 Å². The lowest BCUT2D eigenvalue weighted by Crippen LogP contribution is -2.55. The van der Waals surface area contributed by atoms with Crippen molar-refractivity contribution in [2.45, 2.75) is 99.1 Å². The number of fused-ring (bicyclic) bond motifs is 1. The molecule has 3 aromatic rings. The van der Waals surface area contributed by atoms with E-state index in [9.17, 15) is 13.5 Å². The quantitative estimate of drug-likeness (QED) is 0.218. The first-order valence-electron chi connectivity index (χ1n) is 19.4. The molecule has 0 bridgehead atoms. The van der Waals surface area contributed by atoms with Crippen LogP contribution in [0.4, 0.5) is 10.1 Å². The van der Waals surface area contributed by atoms with Crippen molar-refractivity contribution < 1.29 is 27.8 Å². The Balaban J connectivity index is 0.00000276. The predicted molar refractivity (Wildman–Crippen MR) is 217 cm³/mol. The minimum Gasteiger partial charge on any atom is -0.485 e. The summed E-state index contributed by atoms with van der Waals surface area (Å²) in [7, 11) is -3.14. The monoisotopic (exact) mass is 787 g/mol. The van der Waals surface area contributed by atoms with Crippen molar-refractivity contribution in [3.05, 3.63) is 48.4 Å². The molecule has 0 spiro atoms. The number of aliphatic hydroxyl groups excluding tert-OH is 2. The average Bonchev–Trinajstić information content (AvgIpc) is 3.15. The van der Waals surface area contributed by atoms with Crippen LogP contribution in [0, 0.1) is 11.2 Å². The van der Waals surface area contributed by atoms with E-state index in [4.69, 9.17) is 9.84 Å². The summed E-state index contributed by atoms with van der Waals surface area (Å²) in [5.74, 6) is -0.655. The molecule has 3 aliphatic heterocycles. The fraction of sp³-hybridized carbons (Fsp3) is 0.634. The van der Waals surface area contributed by atoms with Gasteiger partial charge < -0.3 is 24.7 Å². The molecule has 2 N–H and O–H groups in total. The Bertz CT molecular complexity index is 1800. The summed E-state index contributed by atoms with van der Waals surface area (Å²) >= 11 is 1.61. The first kappa shape index (κ1) is 42.6. The number of hydrogen-bond acceptors (Lipinski definition) is 11. The van der Waals surface area contributed by atoms with E-state index >= 15 is 4.39 Å². The number of nitrogens with zero attached hydrogens (tertiary/aromatic N) is 5. The molecule has 0 amide bonds. The molecule has 0 atom stereocenters. The van der Waals surface area contributed by atoms with Crippen LogP contribution in [-0.2, 0) is 9.84 Å². The number of thioether (sulfide) groups is 1. The molecule has 0 saturated carbocycles. The van der Waals surface area contributed by atoms with Crippen LogP contribution in [0.2, 0.25) is 0 Å². The van der Waals surface area contributed by atoms with Gasteiger partial charge in [-0.25, -0.2) is 12.8 Å². The maximum absolute atomic E-state index is 15.6. The number of β-amino-alcohol motifs (C(OH)–C–C–N with tert-alkyl or cyclic N) is 1. The molecule has 4 heterocycles. The van der Waals surface area contributed by atoms with Gasteiger partial charge in [0, 0.05) is 81.5 Å². The number of aliphatic hydroxyl groups is 2. The highest BCUT2D eigenvalue weighted by molar-refractivity contribution is 7.98. The second-order valence-electron chi connectivity index (χ2n) is 16.6. The largest absolute Gasteiger partial charge is 0.485 e. The Morgan fingerprint density at radius 1 is 0.870 bits per heavy atom. The van der Waals surface area contributed by atoms with Crippen LogP contribution in [0.1, 0.15) is 66.7 Å². The van der Waals surface area contributed by atoms with Crippen molar-refractivity contribution in [2.75, 3.05) is 83.8 Å². The summed E-state index contributed by atoms with van der Waals surface area (Å²) in [5, 5.41) is 17.1. The Labute approximate surface area is 327 Å². The van der Waals surface area contributed by atoms with Crippen LogP contribution in [0.15, 0.2) is 57.3 Å². The number of piperazine rings is 1. The number of aromatic nitrogens is 1. The lowest BCUT2D eigenvalue weighted by atomic mass is 9.83. The average molecular weight is 788 g/mol. The highest BCUT2D eigenvalue weighted by Gasteiger charge is 2.35. The van der Waals surface area contributed by atoms with Gasteiger partial charge in [-0.2, -0.15) is 0 Å². The molecule has 54 heavy (non-hydrogen) atoms. The summed E-state index contributed by atoms with van der Waals surface area (Å²) in [6.45, 7) is 19.0. The van der Waals surface area contributed by atoms with Crippen molar-refractivity contribution in [2.24, 2.45) is 5.41 Å². The molecule has 2 aromatic carbocycles. The first-order chi connectivity index (χ1) is 25.7. The molecule has 6 rings (SSSR count). The molecule has 3 saturated heterocycles. The molecule has 13 heteroatoms. The van der Waals surface area contributed by atoms with Gasteiger partial charge >= 0.3 is 0 Å². The summed E-state index contributed by atoms with van der Waals surface area (Å²) < 4.78 is 50.6. The number of anilines is 1. The Morgan fingerprint density at radius 2 is 1.48 bits per heavy atom. The molecule has 300 valence electrons. The van der Waals surface area contributed by atoms with Gasteiger partial charge in [-0.3, -0.25) is 14.8 Å². The van der Waals surface area contributed by atoms with Gasteiger partial charge in [0.2, 0.25) is 9.84 Å². The number of ether oxygens (including phenoxy) is 1. The lowest BCUT2D eigenvalue weighted by Gasteiger charge is -2.46. The van der Waals surface area contributed by atoms with E-state index in [1.165, 1.54) is 31.2 Å². The number of sulfone groups is 1. The van der Waals surface area contributed by atoms with Gasteiger partial charge in [-0.1, -0.05) is 20.8 Å². The summed E-state index contributed by atoms with van der Waals surface area (Å²) in [6.07, 6.45) is 8.40. The number of halogens is 1. The predicted octanol–water partition coefficient (Wildman–Crippen LogP) is 6.17. The van der Waals surface area contributed by atoms with Gasteiger partial charge in [0.25, 0.3) is 0 Å². The summed E-state index contributed by atoms with van der Waals surface area (Å²) in [6, 6.07) is 11.1. The first-order valence-corrected chi connectivity index (χ1v) is 22.1. The third-order valence-corrected chi connectivity index (χ3v) is 13.5. The molecule has 3 fully saturated rings. The fourth-order valence-corrected chi connectivity index (χ4v) is 10.7. The standard InChI is InChI=1S/C40H58FN5O4S2.CH4O/c1-39(2,3)28-40(4,5)50-36-10-8-32(26-34(36)41)52(48,49)37-27-42-35-9-7-31(51-6)25-33(35)38(37)46-17-13-29(14-18-46)44-15-11-30(12-16-44)45-21-19-43(20-22-45)23-24-47;1-2/h7-10,25-27,29-30,47H,11-24,28H2,1-6H3;2H,1H3. The Kier molecular flexibility index (Phi) is 14.3. The van der Waals surface area contributed by atoms with E-state index in [0.717, 1.165) is 101 Å². The Hall–Kier alpha value is -2.52. The normalized spacial score (nSPS) is 19.2. The highest BCUT2D eigenvalue weighted by atomic mass is 32.2. The number of pyridine rings is 1. The zero-order chi connectivity index (χ0) is 39.3. The minimum atomic E-state index is -4.14. The second kappa shape index (κ2) is 18.2. The van der Waals surface area contributed by atoms with Gasteiger partial charge in [-0.15, -0.1) is 11.8 Å². The van der Waals surface area contributed by atoms with Crippen LogP contribution in [0.25, 0.3) is 10.9 Å². The van der Waals surface area contributed by atoms with Crippen molar-refractivity contribution >= 4 is 38.2 Å². The van der Waals surface area contributed by atoms with Gasteiger partial charge in [0.15, 0.2) is 11.6 Å². The maximum atomic E-state index is 15.6. The molecule has 0 aliphatic carbocycles. The molecule has 0 radical (unpaired) electrons. The Morgan fingerprint density at radius 3 is 2.06 bits per heavy atom. The van der Waals surface area contributed by atoms with Gasteiger partial charge in [0.1, 0.15) is 10.5 Å². The molecular weight excluding hydrogens is 726 g/mol. The van der Waals surface area contributed by atoms with E-state index in [2.05, 4.69) is 45.4 Å². The fourth-order valence-electron chi connectivity index (χ4n) is 8.82. The molecule has 10 nitrogen and oxygen atoms in total. The van der Waals surface area contributed by atoms with Crippen LogP contribution >= 0.6 is 11.8 Å². The summed E-state index contributed by atoms with van der Waals surface area (Å²) in [5.41, 5.74) is 0.736. The number of benzene rings is 2. The van der Waals surface area contributed by atoms with Crippen molar-refractivity contribution in [3.8, 4) is 5.75 Å². The van der Waals surface area contributed by atoms with E-state index in [1.54, 1.807) is 11.8 Å². The van der Waals surface area contributed by atoms with Gasteiger partial charge in [0.05, 0.1) is 22.7 Å². The zero-order valence-corrected chi connectivity index (χ0v) is 35.0. The zero-order valence-electron chi connectivity index (χ0n) is 33.4. The van der Waals surface area contributed by atoms with E-state index in [1.807, 2.05) is 38.3 Å². The van der Waals surface area contributed by atoms with Crippen LogP contribution in [0.5, 0.6) is 5.75 Å². The van der Waals surface area contributed by atoms with Crippen molar-refractivity contribution in [3.63, 3.8) is 0 Å². The number of rotatable bonds is 11. The van der Waals surface area contributed by atoms with Crippen molar-refractivity contribution in [1.29, 1.82) is 0 Å². The van der Waals surface area contributed by atoms with Crippen molar-refractivity contribution in [1.82, 2.24) is 19.7 Å². The van der Waals surface area contributed by atoms with E-state index in [-0.39, 0.29) is 27.6 Å². The lowest BCUT2D eigenvalue weighted by molar-refractivity contribution is 0.0396. The third kappa shape index (κ3) is 10.3. The minimum absolute atomic E-state index is 0.0256. The molecule has 0 unspecified atom stereocenters. The SMILES string of the molecule is CO.CSc1ccc2ncc(S(=O)(=O)c3ccc(OC(C)(C)CC(C)(C)C)c(F)c3)c(N3CCC(N4CCC(N5CCN(CCO)CC5)CC4)CC3)c2c1. The van der Waals surface area contributed by atoms with E-state index < -0.39 is 21.3 Å². The topological polar surface area (TPSA) is 110 Å². The molecule has 3 aliphatic rings. The van der Waals surface area contributed by atoms with Crippen LogP contribution < -0.4 is 9.64 Å².